The number of nitrogens with two attached hydrogens (primary N) is 1. The first-order valence-electron chi connectivity index (χ1n) is 23.1. The number of aromatic nitrogens is 4. The molecule has 1 fully saturated rings. The molecule has 2 aromatic heterocycles. The Morgan fingerprint density at radius 2 is 1.59 bits per heavy atom. The monoisotopic (exact) mass is 1110 g/mol. The van der Waals surface area contributed by atoms with Crippen molar-refractivity contribution >= 4 is 85.5 Å². The molecule has 12 N–H and O–H groups in total. The Balaban J connectivity index is 0.875. The maximum Gasteiger partial charge on any atom is 0.490 e. The Kier molecular flexibility index (Phi) is 17.9. The molecule has 30 heteroatoms. The van der Waals surface area contributed by atoms with Gasteiger partial charge in [0.1, 0.15) is 32.4 Å². The normalized spacial score (nSPS) is 18.6. The lowest BCUT2D eigenvalue weighted by atomic mass is 9.91. The van der Waals surface area contributed by atoms with Crippen molar-refractivity contribution in [2.24, 2.45) is 0 Å². The van der Waals surface area contributed by atoms with Gasteiger partial charge in [-0.15, -0.1) is 11.3 Å². The molecule has 2 unspecified atom stereocenters. The van der Waals surface area contributed by atoms with Crippen LogP contribution in [0.5, 0.6) is 0 Å². The van der Waals surface area contributed by atoms with Crippen LogP contribution in [0.25, 0.3) is 42.8 Å². The van der Waals surface area contributed by atoms with Gasteiger partial charge in [-0.3, -0.25) is 28.5 Å². The number of phosphoric ester groups is 1. The fourth-order valence-corrected chi connectivity index (χ4v) is 12.4. The number of carbonyl (C=O) groups is 2. The number of hydrogen-bond acceptors (Lipinski definition) is 18. The van der Waals surface area contributed by atoms with E-state index in [1.54, 1.807) is 11.3 Å². The molecule has 0 saturated carbocycles. The predicted molar refractivity (Wildman–Crippen MR) is 275 cm³/mol. The summed E-state index contributed by atoms with van der Waals surface area (Å²) in [7, 11) is -9.08. The highest BCUT2D eigenvalue weighted by atomic mass is 32.1. The lowest BCUT2D eigenvalue weighted by Gasteiger charge is -2.20. The number of H-pyrrole nitrogens is 1. The second-order valence-corrected chi connectivity index (χ2v) is 23.1. The number of amides is 2. The number of nitrogen functional groups attached to an aromatic ring is 1. The number of nitrogens with zero attached hydrogens (tertiary/aromatic N) is 5. The van der Waals surface area contributed by atoms with Crippen LogP contribution >= 0.6 is 34.8 Å². The van der Waals surface area contributed by atoms with Crippen LogP contribution in [-0.2, 0) is 36.4 Å². The topological polar surface area (TPSA) is 376 Å². The number of nitrogens with one attached hydrogen (secondary N) is 4. The number of anilines is 3. The van der Waals surface area contributed by atoms with Crippen molar-refractivity contribution in [3.8, 4) is 21.6 Å². The smallest absolute Gasteiger partial charge is 0.387 e. The number of benzene rings is 3. The summed E-state index contributed by atoms with van der Waals surface area (Å²) in [5.41, 5.74) is 9.07. The van der Waals surface area contributed by atoms with Crippen LogP contribution in [0.3, 0.4) is 0 Å². The van der Waals surface area contributed by atoms with Crippen LogP contribution in [0.15, 0.2) is 65.5 Å². The highest BCUT2D eigenvalue weighted by Crippen LogP contribution is 2.66. The van der Waals surface area contributed by atoms with Crippen molar-refractivity contribution < 1.29 is 71.0 Å². The summed E-state index contributed by atoms with van der Waals surface area (Å²) in [5.74, 6) is -0.761. The van der Waals surface area contributed by atoms with E-state index in [1.165, 1.54) is 0 Å². The average molecular weight is 1110 g/mol. The molecule has 74 heavy (non-hydrogen) atoms. The van der Waals surface area contributed by atoms with Gasteiger partial charge >= 0.3 is 23.5 Å². The predicted octanol–water partition coefficient (Wildman–Crippen LogP) is 3.05. The number of phosphoric acid groups is 3. The Morgan fingerprint density at radius 1 is 0.878 bits per heavy atom. The first kappa shape index (κ1) is 56.3. The molecule has 1 saturated heterocycles. The second kappa shape index (κ2) is 23.6. The molecule has 0 bridgehead atoms. The zero-order valence-electron chi connectivity index (χ0n) is 40.5. The molecule has 4 aromatic rings. The van der Waals surface area contributed by atoms with Crippen molar-refractivity contribution in [1.29, 1.82) is 0 Å². The third-order valence-corrected chi connectivity index (χ3v) is 16.6. The van der Waals surface area contributed by atoms with Crippen LogP contribution in [0.1, 0.15) is 55.1 Å². The van der Waals surface area contributed by atoms with Gasteiger partial charge in [0.25, 0.3) is 11.5 Å². The SMILES string of the molecule is CN(C)c1ccc2c(-c3ccccc3C(=O)NCCCC(=O)NCCCCCCNc3nc4c(=O)[nH]c(N)nc4n3[C@@H]3O[C@H](COP(=O)(O)OP(=O)(O)OP(=O)(O)O)[C@@H](O)[C@H]3O)c3ccc(=[N+](C)C)cc-3sc2c1. The Morgan fingerprint density at radius 3 is 2.31 bits per heavy atom. The maximum absolute atomic E-state index is 13.8. The molecule has 0 spiro atoms. The molecule has 3 aliphatic rings. The molecule has 7 rings (SSSR count). The molecular formula is C44H58N10O16P3S+. The van der Waals surface area contributed by atoms with Crippen LogP contribution in [0.2, 0.25) is 0 Å². The van der Waals surface area contributed by atoms with E-state index < -0.39 is 60.2 Å². The minimum atomic E-state index is -5.84. The molecule has 4 heterocycles. The number of fused-ring (bicyclic) bond motifs is 3. The number of aromatic amines is 1. The maximum atomic E-state index is 13.8. The molecule has 2 amide bonds. The zero-order chi connectivity index (χ0) is 53.7. The molecule has 26 nitrogen and oxygen atoms in total. The van der Waals surface area contributed by atoms with Crippen molar-refractivity contribution in [2.45, 2.75) is 63.1 Å². The lowest BCUT2D eigenvalue weighted by Crippen LogP contribution is -2.34. The van der Waals surface area contributed by atoms with Crippen LogP contribution in [-0.4, -0.2) is 134 Å². The van der Waals surface area contributed by atoms with Crippen molar-refractivity contribution in [2.75, 3.05) is 70.4 Å². The summed E-state index contributed by atoms with van der Waals surface area (Å²) in [4.78, 5) is 90.0. The third-order valence-electron chi connectivity index (χ3n) is 11.7. The summed E-state index contributed by atoms with van der Waals surface area (Å²) in [6.07, 6.45) is -3.62. The van der Waals surface area contributed by atoms with Crippen molar-refractivity contribution in [1.82, 2.24) is 34.7 Å². The van der Waals surface area contributed by atoms with Gasteiger partial charge < -0.3 is 61.1 Å². The van der Waals surface area contributed by atoms with E-state index >= 15 is 0 Å². The van der Waals surface area contributed by atoms with E-state index in [-0.39, 0.29) is 54.4 Å². The first-order valence-corrected chi connectivity index (χ1v) is 28.4. The molecule has 6 atom stereocenters. The molecule has 0 radical (unpaired) electrons. The summed E-state index contributed by atoms with van der Waals surface area (Å²) < 4.78 is 56.9. The Labute approximate surface area is 426 Å². The molecule has 400 valence electrons. The van der Waals surface area contributed by atoms with Gasteiger partial charge in [0.15, 0.2) is 17.4 Å². The third kappa shape index (κ3) is 13.9. The van der Waals surface area contributed by atoms with Crippen LogP contribution in [0.4, 0.5) is 17.6 Å². The minimum Gasteiger partial charge on any atom is -0.387 e. The van der Waals surface area contributed by atoms with Gasteiger partial charge in [0, 0.05) is 84.1 Å². The number of imidazole rings is 1. The van der Waals surface area contributed by atoms with Gasteiger partial charge in [-0.25, -0.2) is 23.3 Å². The zero-order valence-corrected chi connectivity index (χ0v) is 44.0. The van der Waals surface area contributed by atoms with E-state index in [9.17, 15) is 48.1 Å². The number of aliphatic hydroxyl groups is 2. The van der Waals surface area contributed by atoms with Crippen molar-refractivity contribution in [3.05, 3.63) is 81.9 Å². The van der Waals surface area contributed by atoms with E-state index in [4.69, 9.17) is 20.3 Å². The number of aliphatic hydroxyl groups excluding tert-OH is 2. The first-order chi connectivity index (χ1) is 34.9. The van der Waals surface area contributed by atoms with Gasteiger partial charge in [-0.05, 0) is 54.7 Å². The number of carbonyl (C=O) groups excluding carboxylic acids is 2. The quantitative estimate of drug-likeness (QED) is 0.0190. The van der Waals surface area contributed by atoms with Gasteiger partial charge in [0.05, 0.1) is 6.61 Å². The van der Waals surface area contributed by atoms with Crippen LogP contribution in [0, 0.1) is 0 Å². The number of unbranched alkanes of at least 4 members (excludes halogenated alkanes) is 3. The average Bonchev–Trinajstić information content (AvgIpc) is 3.82. The fourth-order valence-electron chi connectivity index (χ4n) is 8.20. The van der Waals surface area contributed by atoms with E-state index in [2.05, 4.69) is 89.9 Å². The summed E-state index contributed by atoms with van der Waals surface area (Å²) in [6, 6.07) is 20.3. The standard InChI is InChI=1S/C44H57N10O16P3S/c1-52(2)25-15-17-29-32(22-25)74-33-23-26(53(3)4)16-18-30(33)35(29)27-12-7-8-13-28(27)40(58)47-21-11-14-34(55)46-19-9-5-6-10-20-48-44-49-36-39(50-43(45)51-41(36)59)54(44)42-38(57)37(56)31(68-42)24-67-72(63,64)70-73(65,66)69-71(60,61)62/h7-8,12-13,15-18,22-23,31,37-38,42,47,56-57H,5-6,9-11,14,19-21,24H2,1-4H3,(H8,45,46,51,55,58,59,60,61,62,63,64,65,66)/p+1/t31-,37-,38-,42-/m1/s1. The molecule has 1 aliphatic carbocycles. The lowest BCUT2D eigenvalue weighted by molar-refractivity contribution is -0.121. The van der Waals surface area contributed by atoms with E-state index in [1.807, 2.05) is 52.5 Å². The molecule has 2 aromatic carbocycles. The Bertz CT molecular complexity index is 3290. The van der Waals surface area contributed by atoms with Gasteiger partial charge in [0.2, 0.25) is 23.2 Å². The van der Waals surface area contributed by atoms with Crippen LogP contribution < -0.4 is 42.1 Å². The number of ether oxygens (including phenoxy) is 1. The van der Waals surface area contributed by atoms with Gasteiger partial charge in [-0.1, -0.05) is 37.1 Å². The summed E-state index contributed by atoms with van der Waals surface area (Å²) in [6.45, 7) is -0.0973. The van der Waals surface area contributed by atoms with E-state index in [0.717, 1.165) is 53.7 Å². The second-order valence-electron chi connectivity index (χ2n) is 17.6. The minimum absolute atomic E-state index is 0.0440. The largest absolute Gasteiger partial charge is 0.490 e. The highest BCUT2D eigenvalue weighted by molar-refractivity contribution is 7.66. The van der Waals surface area contributed by atoms with Crippen molar-refractivity contribution in [3.63, 3.8) is 0 Å². The fraction of sp³-hybridized carbons (Fsp3) is 0.409. The Hall–Kier alpha value is -5.47. The highest BCUT2D eigenvalue weighted by Gasteiger charge is 2.48. The van der Waals surface area contributed by atoms with Gasteiger partial charge in [-0.2, -0.15) is 13.6 Å². The molecule has 2 aliphatic heterocycles. The number of rotatable bonds is 23. The number of hydrogen-bond donors (Lipinski definition) is 11. The summed E-state index contributed by atoms with van der Waals surface area (Å²) >= 11 is 1.71. The molecular weight excluding hydrogens is 1050 g/mol. The van der Waals surface area contributed by atoms with E-state index in [0.29, 0.717) is 37.8 Å². The summed E-state index contributed by atoms with van der Waals surface area (Å²) in [5, 5.41) is 32.8.